The number of nitrogens with one attached hydrogen (secondary N) is 1. The normalized spacial score (nSPS) is 10.9. The summed E-state index contributed by atoms with van der Waals surface area (Å²) in [6.45, 7) is 2.40. The van der Waals surface area contributed by atoms with Crippen molar-refractivity contribution in [2.75, 3.05) is 7.11 Å². The van der Waals surface area contributed by atoms with Crippen LogP contribution in [0.3, 0.4) is 0 Å². The molecule has 146 valence electrons. The number of amides is 1. The lowest BCUT2D eigenvalue weighted by molar-refractivity contribution is 0.0926. The van der Waals surface area contributed by atoms with Gasteiger partial charge in [-0.05, 0) is 54.4 Å². The summed E-state index contributed by atoms with van der Waals surface area (Å²) >= 11 is 6.05. The molecule has 0 unspecified atom stereocenters. The zero-order valence-electron chi connectivity index (χ0n) is 16.2. The molecule has 0 fully saturated rings. The van der Waals surface area contributed by atoms with Gasteiger partial charge in [-0.3, -0.25) is 4.79 Å². The van der Waals surface area contributed by atoms with Crippen molar-refractivity contribution >= 4 is 28.5 Å². The zero-order chi connectivity index (χ0) is 20.4. The number of carbonyl (C=O) groups excluding carboxylic acids is 1. The van der Waals surface area contributed by atoms with E-state index in [2.05, 4.69) is 5.32 Å². The molecule has 29 heavy (non-hydrogen) atoms. The predicted molar refractivity (Wildman–Crippen MR) is 116 cm³/mol. The van der Waals surface area contributed by atoms with Crippen molar-refractivity contribution in [2.45, 2.75) is 13.5 Å². The topological polar surface area (TPSA) is 51.5 Å². The van der Waals surface area contributed by atoms with E-state index >= 15 is 0 Å². The van der Waals surface area contributed by atoms with Crippen molar-refractivity contribution in [1.29, 1.82) is 0 Å². The van der Waals surface area contributed by atoms with Gasteiger partial charge in [-0.2, -0.15) is 0 Å². The van der Waals surface area contributed by atoms with Gasteiger partial charge in [0.1, 0.15) is 11.3 Å². The van der Waals surface area contributed by atoms with Crippen molar-refractivity contribution in [3.63, 3.8) is 0 Å². The highest BCUT2D eigenvalue weighted by atomic mass is 35.5. The Hall–Kier alpha value is -3.24. The van der Waals surface area contributed by atoms with Crippen molar-refractivity contribution in [3.8, 4) is 16.9 Å². The second-order valence-corrected chi connectivity index (χ2v) is 7.28. The molecule has 1 heterocycles. The molecule has 3 aromatic carbocycles. The summed E-state index contributed by atoms with van der Waals surface area (Å²) in [5.41, 5.74) is 4.40. The van der Waals surface area contributed by atoms with Crippen molar-refractivity contribution in [1.82, 2.24) is 5.32 Å². The van der Waals surface area contributed by atoms with Crippen LogP contribution in [0.1, 0.15) is 21.7 Å². The third kappa shape index (κ3) is 3.98. The Kier molecular flexibility index (Phi) is 5.28. The van der Waals surface area contributed by atoms with Gasteiger partial charge < -0.3 is 14.5 Å². The molecule has 5 heteroatoms. The predicted octanol–water partition coefficient (Wildman–Crippen LogP) is 6.00. The Morgan fingerprint density at radius 1 is 1.03 bits per heavy atom. The summed E-state index contributed by atoms with van der Waals surface area (Å²) in [5.74, 6) is 0.804. The van der Waals surface area contributed by atoms with Crippen LogP contribution in [-0.2, 0) is 6.54 Å². The number of rotatable bonds is 5. The molecule has 1 aromatic heterocycles. The maximum Gasteiger partial charge on any atom is 0.287 e. The maximum atomic E-state index is 13.0. The quantitative estimate of drug-likeness (QED) is 0.443. The number of methoxy groups -OCH3 is 1. The van der Waals surface area contributed by atoms with E-state index in [9.17, 15) is 4.79 Å². The molecule has 4 rings (SSSR count). The van der Waals surface area contributed by atoms with E-state index < -0.39 is 0 Å². The smallest absolute Gasteiger partial charge is 0.287 e. The number of ether oxygens (including phenoxy) is 1. The molecular formula is C24H20ClNO3. The third-order valence-corrected chi connectivity index (χ3v) is 5.05. The number of furan rings is 1. The standard InChI is InChI=1S/C24H20ClNO3/c1-15-3-12-21-20(13-15)22(17-6-8-18(25)9-7-17)23(29-21)24(27)26-14-16-4-10-19(28-2)11-5-16/h3-13H,14H2,1-2H3,(H,26,27). The molecule has 0 aliphatic heterocycles. The first kappa shape index (κ1) is 19.1. The molecule has 4 aromatic rings. The van der Waals surface area contributed by atoms with Crippen molar-refractivity contribution < 1.29 is 13.9 Å². The zero-order valence-corrected chi connectivity index (χ0v) is 16.9. The van der Waals surface area contributed by atoms with Gasteiger partial charge in [0.05, 0.1) is 7.11 Å². The molecule has 0 saturated carbocycles. The minimum absolute atomic E-state index is 0.264. The summed E-state index contributed by atoms with van der Waals surface area (Å²) in [5, 5.41) is 4.50. The van der Waals surface area contributed by atoms with Crippen LogP contribution in [0.5, 0.6) is 5.75 Å². The average molecular weight is 406 g/mol. The van der Waals surface area contributed by atoms with Crippen LogP contribution in [0.4, 0.5) is 0 Å². The number of hydrogen-bond donors (Lipinski definition) is 1. The van der Waals surface area contributed by atoms with Gasteiger partial charge in [0.15, 0.2) is 0 Å². The van der Waals surface area contributed by atoms with Crippen LogP contribution in [0.2, 0.25) is 5.02 Å². The average Bonchev–Trinajstić information content (AvgIpc) is 3.11. The van der Waals surface area contributed by atoms with Gasteiger partial charge in [-0.25, -0.2) is 0 Å². The van der Waals surface area contributed by atoms with Gasteiger partial charge in [0.2, 0.25) is 5.76 Å². The second kappa shape index (κ2) is 8.02. The van der Waals surface area contributed by atoms with Gasteiger partial charge in [0, 0.05) is 22.5 Å². The highest BCUT2D eigenvalue weighted by Crippen LogP contribution is 2.36. The molecule has 0 atom stereocenters. The largest absolute Gasteiger partial charge is 0.497 e. The maximum absolute atomic E-state index is 13.0. The van der Waals surface area contributed by atoms with Crippen LogP contribution in [-0.4, -0.2) is 13.0 Å². The lowest BCUT2D eigenvalue weighted by atomic mass is 10.0. The Morgan fingerprint density at radius 2 is 1.76 bits per heavy atom. The number of aryl methyl sites for hydroxylation is 1. The molecule has 0 bridgehead atoms. The lowest BCUT2D eigenvalue weighted by Crippen LogP contribution is -2.22. The van der Waals surface area contributed by atoms with Crippen LogP contribution in [0.15, 0.2) is 71.1 Å². The summed E-state index contributed by atoms with van der Waals surface area (Å²) in [6, 6.07) is 20.9. The van der Waals surface area contributed by atoms with Crippen molar-refractivity contribution in [2.24, 2.45) is 0 Å². The van der Waals surface area contributed by atoms with E-state index in [1.54, 1.807) is 7.11 Å². The minimum atomic E-state index is -0.264. The van der Waals surface area contributed by atoms with Crippen LogP contribution in [0, 0.1) is 6.92 Å². The van der Waals surface area contributed by atoms with E-state index in [1.807, 2.05) is 73.7 Å². The summed E-state index contributed by atoms with van der Waals surface area (Å²) in [4.78, 5) is 13.0. The van der Waals surface area contributed by atoms with E-state index in [0.717, 1.165) is 33.4 Å². The fourth-order valence-electron chi connectivity index (χ4n) is 3.28. The number of benzene rings is 3. The molecule has 1 N–H and O–H groups in total. The summed E-state index contributed by atoms with van der Waals surface area (Å²) in [7, 11) is 1.62. The Balaban J connectivity index is 1.69. The van der Waals surface area contributed by atoms with Gasteiger partial charge >= 0.3 is 0 Å². The molecule has 1 amide bonds. The van der Waals surface area contributed by atoms with Gasteiger partial charge in [0.25, 0.3) is 5.91 Å². The molecule has 4 nitrogen and oxygen atoms in total. The molecule has 0 spiro atoms. The summed E-state index contributed by atoms with van der Waals surface area (Å²) in [6.07, 6.45) is 0. The van der Waals surface area contributed by atoms with Crippen LogP contribution < -0.4 is 10.1 Å². The molecular weight excluding hydrogens is 386 g/mol. The number of halogens is 1. The monoisotopic (exact) mass is 405 g/mol. The number of hydrogen-bond acceptors (Lipinski definition) is 3. The lowest BCUT2D eigenvalue weighted by Gasteiger charge is -2.07. The van der Waals surface area contributed by atoms with Crippen LogP contribution in [0.25, 0.3) is 22.1 Å². The highest BCUT2D eigenvalue weighted by molar-refractivity contribution is 6.30. The van der Waals surface area contributed by atoms with E-state index in [0.29, 0.717) is 22.9 Å². The summed E-state index contributed by atoms with van der Waals surface area (Å²) < 4.78 is 11.1. The van der Waals surface area contributed by atoms with Gasteiger partial charge in [-0.1, -0.05) is 47.5 Å². The number of carbonyl (C=O) groups is 1. The van der Waals surface area contributed by atoms with E-state index in [-0.39, 0.29) is 5.91 Å². The Labute approximate surface area is 174 Å². The molecule has 0 radical (unpaired) electrons. The van der Waals surface area contributed by atoms with Crippen molar-refractivity contribution in [3.05, 3.63) is 88.6 Å². The van der Waals surface area contributed by atoms with E-state index in [4.69, 9.17) is 20.8 Å². The van der Waals surface area contributed by atoms with Gasteiger partial charge in [-0.15, -0.1) is 0 Å². The SMILES string of the molecule is COc1ccc(CNC(=O)c2oc3ccc(C)cc3c2-c2ccc(Cl)cc2)cc1. The first-order valence-corrected chi connectivity index (χ1v) is 9.63. The number of fused-ring (bicyclic) bond motifs is 1. The Bertz CT molecular complexity index is 1160. The van der Waals surface area contributed by atoms with Crippen LogP contribution >= 0.6 is 11.6 Å². The third-order valence-electron chi connectivity index (χ3n) is 4.79. The fourth-order valence-corrected chi connectivity index (χ4v) is 3.41. The first-order valence-electron chi connectivity index (χ1n) is 9.25. The Morgan fingerprint density at radius 3 is 2.45 bits per heavy atom. The van der Waals surface area contributed by atoms with E-state index in [1.165, 1.54) is 0 Å². The first-order chi connectivity index (χ1) is 14.0. The molecule has 0 aliphatic rings. The highest BCUT2D eigenvalue weighted by Gasteiger charge is 2.22. The second-order valence-electron chi connectivity index (χ2n) is 6.84. The molecule has 0 saturated heterocycles. The fraction of sp³-hybridized carbons (Fsp3) is 0.125. The molecule has 0 aliphatic carbocycles. The minimum Gasteiger partial charge on any atom is -0.497 e.